The number of ether oxygens (including phenoxy) is 2. The molecule has 0 aliphatic carbocycles. The molecule has 0 atom stereocenters. The maximum Gasteiger partial charge on any atom is 0.252 e. The standard InChI is InChI=1S/C19H20N2O5S/c1-14-13-15(9-10-17(14)25-2)27(23,24)21-11-5-6-12-26-18-8-4-3-7-16(18)19(20)22/h3-4,7-10,13,21H,11-12H2,1-2H3,(H2,20,22). The lowest BCUT2D eigenvalue weighted by Gasteiger charge is -2.08. The first-order valence-corrected chi connectivity index (χ1v) is 9.45. The summed E-state index contributed by atoms with van der Waals surface area (Å²) in [5, 5.41) is 0. The van der Waals surface area contributed by atoms with Crippen LogP contribution in [-0.4, -0.2) is 34.6 Å². The molecule has 3 N–H and O–H groups in total. The Labute approximate surface area is 158 Å². The summed E-state index contributed by atoms with van der Waals surface area (Å²) >= 11 is 0. The topological polar surface area (TPSA) is 108 Å². The van der Waals surface area contributed by atoms with Gasteiger partial charge in [0.25, 0.3) is 5.91 Å². The first-order valence-electron chi connectivity index (χ1n) is 7.97. The average Bonchev–Trinajstić information content (AvgIpc) is 2.64. The van der Waals surface area contributed by atoms with Crippen molar-refractivity contribution in [2.45, 2.75) is 11.8 Å². The number of primary amides is 1. The third-order valence-electron chi connectivity index (χ3n) is 3.60. The van der Waals surface area contributed by atoms with E-state index in [4.69, 9.17) is 15.2 Å². The molecule has 0 bridgehead atoms. The highest BCUT2D eigenvalue weighted by atomic mass is 32.2. The number of amides is 1. The van der Waals surface area contributed by atoms with Crippen LogP contribution in [0.2, 0.25) is 0 Å². The fourth-order valence-electron chi connectivity index (χ4n) is 2.26. The first kappa shape index (κ1) is 20.3. The fourth-order valence-corrected chi connectivity index (χ4v) is 3.26. The number of carbonyl (C=O) groups is 1. The predicted octanol–water partition coefficient (Wildman–Crippen LogP) is 1.46. The van der Waals surface area contributed by atoms with Crippen molar-refractivity contribution in [2.75, 3.05) is 20.3 Å². The minimum Gasteiger partial charge on any atom is -0.496 e. The lowest BCUT2D eigenvalue weighted by Crippen LogP contribution is -2.24. The summed E-state index contributed by atoms with van der Waals surface area (Å²) in [7, 11) is -2.15. The van der Waals surface area contributed by atoms with Gasteiger partial charge in [-0.25, -0.2) is 8.42 Å². The van der Waals surface area contributed by atoms with E-state index in [1.54, 1.807) is 37.3 Å². The Balaban J connectivity index is 1.91. The van der Waals surface area contributed by atoms with Crippen LogP contribution < -0.4 is 19.9 Å². The summed E-state index contributed by atoms with van der Waals surface area (Å²) in [5.41, 5.74) is 6.23. The van der Waals surface area contributed by atoms with Crippen LogP contribution in [0.15, 0.2) is 47.4 Å². The number of methoxy groups -OCH3 is 1. The van der Waals surface area contributed by atoms with E-state index >= 15 is 0 Å². The third-order valence-corrected chi connectivity index (χ3v) is 5.00. The van der Waals surface area contributed by atoms with Crippen molar-refractivity contribution in [3.05, 3.63) is 53.6 Å². The molecule has 0 fully saturated rings. The highest BCUT2D eigenvalue weighted by Crippen LogP contribution is 2.21. The molecule has 0 saturated carbocycles. The van der Waals surface area contributed by atoms with E-state index in [0.29, 0.717) is 17.1 Å². The van der Waals surface area contributed by atoms with Crippen LogP contribution in [0, 0.1) is 18.8 Å². The van der Waals surface area contributed by atoms with E-state index in [1.807, 2.05) is 0 Å². The molecule has 0 spiro atoms. The summed E-state index contributed by atoms with van der Waals surface area (Å²) in [6.45, 7) is 1.68. The van der Waals surface area contributed by atoms with Gasteiger partial charge in [0.05, 0.1) is 24.1 Å². The molecule has 0 radical (unpaired) electrons. The summed E-state index contributed by atoms with van der Waals surface area (Å²) in [6, 6.07) is 11.1. The second-order valence-electron chi connectivity index (χ2n) is 5.46. The molecule has 0 aromatic heterocycles. The Morgan fingerprint density at radius 3 is 2.56 bits per heavy atom. The molecule has 0 heterocycles. The first-order chi connectivity index (χ1) is 12.8. The van der Waals surface area contributed by atoms with Crippen molar-refractivity contribution < 1.29 is 22.7 Å². The van der Waals surface area contributed by atoms with Crippen LogP contribution in [-0.2, 0) is 10.0 Å². The molecule has 27 heavy (non-hydrogen) atoms. The van der Waals surface area contributed by atoms with Crippen LogP contribution in [0.1, 0.15) is 15.9 Å². The van der Waals surface area contributed by atoms with E-state index in [1.165, 1.54) is 19.2 Å². The van der Waals surface area contributed by atoms with Gasteiger partial charge in [0, 0.05) is 0 Å². The molecule has 1 amide bonds. The highest BCUT2D eigenvalue weighted by molar-refractivity contribution is 7.89. The van der Waals surface area contributed by atoms with Crippen molar-refractivity contribution in [2.24, 2.45) is 5.73 Å². The zero-order valence-electron chi connectivity index (χ0n) is 15.0. The van der Waals surface area contributed by atoms with Gasteiger partial charge in [0.2, 0.25) is 10.0 Å². The van der Waals surface area contributed by atoms with E-state index in [0.717, 1.165) is 0 Å². The van der Waals surface area contributed by atoms with Gasteiger partial charge in [0.1, 0.15) is 18.1 Å². The van der Waals surface area contributed by atoms with Crippen LogP contribution in [0.4, 0.5) is 0 Å². The molecule has 0 saturated heterocycles. The van der Waals surface area contributed by atoms with Crippen LogP contribution >= 0.6 is 0 Å². The third kappa shape index (κ3) is 5.48. The quantitative estimate of drug-likeness (QED) is 0.698. The van der Waals surface area contributed by atoms with Gasteiger partial charge in [-0.3, -0.25) is 4.79 Å². The van der Waals surface area contributed by atoms with Crippen LogP contribution in [0.5, 0.6) is 11.5 Å². The number of para-hydroxylation sites is 1. The average molecular weight is 388 g/mol. The van der Waals surface area contributed by atoms with Crippen molar-refractivity contribution in [3.63, 3.8) is 0 Å². The zero-order valence-corrected chi connectivity index (χ0v) is 15.8. The fraction of sp³-hybridized carbons (Fsp3) is 0.211. The van der Waals surface area contributed by atoms with Gasteiger partial charge >= 0.3 is 0 Å². The van der Waals surface area contributed by atoms with Gasteiger partial charge in [-0.15, -0.1) is 0 Å². The highest BCUT2D eigenvalue weighted by Gasteiger charge is 2.14. The van der Waals surface area contributed by atoms with E-state index in [-0.39, 0.29) is 23.6 Å². The molecular formula is C19H20N2O5S. The molecule has 2 aromatic carbocycles. The molecule has 2 aromatic rings. The minimum atomic E-state index is -3.68. The zero-order chi connectivity index (χ0) is 19.9. The monoisotopic (exact) mass is 388 g/mol. The van der Waals surface area contributed by atoms with E-state index < -0.39 is 15.9 Å². The summed E-state index contributed by atoms with van der Waals surface area (Å²) in [4.78, 5) is 11.4. The Hall–Kier alpha value is -3.02. The SMILES string of the molecule is COc1ccc(S(=O)(=O)NCC#CCOc2ccccc2C(N)=O)cc1C. The van der Waals surface area contributed by atoms with Gasteiger partial charge in [-0.2, -0.15) is 4.72 Å². The maximum absolute atomic E-state index is 12.3. The molecule has 0 unspecified atom stereocenters. The number of nitrogens with one attached hydrogen (secondary N) is 1. The van der Waals surface area contributed by atoms with E-state index in [9.17, 15) is 13.2 Å². The molecule has 142 valence electrons. The van der Waals surface area contributed by atoms with Crippen LogP contribution in [0.25, 0.3) is 0 Å². The van der Waals surface area contributed by atoms with E-state index in [2.05, 4.69) is 16.6 Å². The molecule has 8 heteroatoms. The molecule has 7 nitrogen and oxygen atoms in total. The summed E-state index contributed by atoms with van der Waals surface area (Å²) in [6.07, 6.45) is 0. The number of hydrogen-bond acceptors (Lipinski definition) is 5. The maximum atomic E-state index is 12.3. The van der Waals surface area contributed by atoms with Crippen LogP contribution in [0.3, 0.4) is 0 Å². The predicted molar refractivity (Wildman–Crippen MR) is 101 cm³/mol. The summed E-state index contributed by atoms with van der Waals surface area (Å²) in [5.74, 6) is 5.69. The number of nitrogens with two attached hydrogens (primary N) is 1. The number of hydrogen-bond donors (Lipinski definition) is 2. The lowest BCUT2D eigenvalue weighted by molar-refractivity contribution is 0.0997. The second-order valence-corrected chi connectivity index (χ2v) is 7.23. The largest absolute Gasteiger partial charge is 0.496 e. The smallest absolute Gasteiger partial charge is 0.252 e. The Morgan fingerprint density at radius 2 is 1.89 bits per heavy atom. The van der Waals surface area contributed by atoms with Gasteiger partial charge in [-0.05, 0) is 42.8 Å². The number of benzene rings is 2. The second kappa shape index (κ2) is 9.07. The number of rotatable bonds is 7. The Kier molecular flexibility index (Phi) is 6.82. The Morgan fingerprint density at radius 1 is 1.15 bits per heavy atom. The Bertz CT molecular complexity index is 991. The molecule has 0 aliphatic rings. The lowest BCUT2D eigenvalue weighted by atomic mass is 10.2. The molecule has 2 rings (SSSR count). The normalized spacial score (nSPS) is 10.6. The van der Waals surface area contributed by atoms with Gasteiger partial charge in [0.15, 0.2) is 0 Å². The van der Waals surface area contributed by atoms with Crippen molar-refractivity contribution in [1.82, 2.24) is 4.72 Å². The van der Waals surface area contributed by atoms with Gasteiger partial charge < -0.3 is 15.2 Å². The number of carbonyl (C=O) groups excluding carboxylic acids is 1. The van der Waals surface area contributed by atoms with Crippen molar-refractivity contribution in [3.8, 4) is 23.3 Å². The number of aryl methyl sites for hydroxylation is 1. The van der Waals surface area contributed by atoms with Crippen molar-refractivity contribution in [1.29, 1.82) is 0 Å². The summed E-state index contributed by atoms with van der Waals surface area (Å²) < 4.78 is 37.4. The molecule has 0 aliphatic heterocycles. The van der Waals surface area contributed by atoms with Crippen molar-refractivity contribution >= 4 is 15.9 Å². The van der Waals surface area contributed by atoms with Gasteiger partial charge in [-0.1, -0.05) is 24.0 Å². The minimum absolute atomic E-state index is 0.00628. The molecular weight excluding hydrogens is 368 g/mol. The number of sulfonamides is 1.